The van der Waals surface area contributed by atoms with Crippen molar-refractivity contribution in [3.63, 3.8) is 0 Å². The molecule has 0 aliphatic heterocycles. The summed E-state index contributed by atoms with van der Waals surface area (Å²) in [5.41, 5.74) is 3.31. The molecule has 29 heavy (non-hydrogen) atoms. The van der Waals surface area contributed by atoms with Crippen LogP contribution in [0.4, 0.5) is 5.69 Å². The van der Waals surface area contributed by atoms with E-state index in [1.54, 1.807) is 10.6 Å². The second kappa shape index (κ2) is 8.13. The van der Waals surface area contributed by atoms with Crippen LogP contribution in [0.2, 0.25) is 0 Å². The van der Waals surface area contributed by atoms with Gasteiger partial charge in [0.25, 0.3) is 5.91 Å². The summed E-state index contributed by atoms with van der Waals surface area (Å²) < 4.78 is 2.58. The summed E-state index contributed by atoms with van der Waals surface area (Å²) in [6.45, 7) is 3.83. The van der Waals surface area contributed by atoms with Gasteiger partial charge in [0.2, 0.25) is 4.96 Å². The first-order valence-electron chi connectivity index (χ1n) is 8.59. The summed E-state index contributed by atoms with van der Waals surface area (Å²) in [7, 11) is 0. The van der Waals surface area contributed by atoms with Crippen molar-refractivity contribution >= 4 is 67.8 Å². The number of carbonyl (C=O) groups excluding carboxylic acids is 1. The van der Waals surface area contributed by atoms with Crippen LogP contribution in [0.3, 0.4) is 0 Å². The van der Waals surface area contributed by atoms with Crippen LogP contribution < -0.4 is 10.6 Å². The molecule has 0 bridgehead atoms. The van der Waals surface area contributed by atoms with Crippen molar-refractivity contribution in [3.8, 4) is 10.6 Å². The number of fused-ring (bicyclic) bond motifs is 1. The lowest BCUT2D eigenvalue weighted by atomic mass is 10.1. The first-order chi connectivity index (χ1) is 13.9. The average Bonchev–Trinajstić information content (AvgIpc) is 3.26. The molecule has 2 aromatic carbocycles. The molecule has 0 aliphatic rings. The van der Waals surface area contributed by atoms with Crippen LogP contribution in [0.15, 0.2) is 42.5 Å². The minimum atomic E-state index is -0.245. The molecule has 0 fully saturated rings. The molecule has 4 aromatic rings. The van der Waals surface area contributed by atoms with Crippen LogP contribution in [-0.2, 0) is 0 Å². The smallest absolute Gasteiger partial charge is 0.258 e. The summed E-state index contributed by atoms with van der Waals surface area (Å²) in [5, 5.41) is 19.6. The summed E-state index contributed by atoms with van der Waals surface area (Å²) in [4.78, 5) is 13.2. The Kier molecular flexibility index (Phi) is 5.56. The Balaban J connectivity index is 1.54. The third-order valence-corrected chi connectivity index (χ3v) is 6.32. The first-order valence-corrected chi connectivity index (χ1v) is 10.9. The van der Waals surface area contributed by atoms with Crippen LogP contribution in [-0.4, -0.2) is 30.8 Å². The quantitative estimate of drug-likeness (QED) is 0.303. The van der Waals surface area contributed by atoms with Crippen molar-refractivity contribution in [2.24, 2.45) is 0 Å². The average molecular weight is 534 g/mol. The van der Waals surface area contributed by atoms with Gasteiger partial charge >= 0.3 is 0 Å². The number of halogens is 1. The number of benzene rings is 2. The van der Waals surface area contributed by atoms with Gasteiger partial charge in [0.1, 0.15) is 5.01 Å². The minimum Gasteiger partial charge on any atom is -0.332 e. The van der Waals surface area contributed by atoms with Gasteiger partial charge in [-0.05, 0) is 72.4 Å². The fourth-order valence-electron chi connectivity index (χ4n) is 2.69. The normalized spacial score (nSPS) is 10.9. The Labute approximate surface area is 189 Å². The Morgan fingerprint density at radius 2 is 1.97 bits per heavy atom. The largest absolute Gasteiger partial charge is 0.332 e. The Hall–Kier alpha value is -2.44. The van der Waals surface area contributed by atoms with Crippen LogP contribution in [0.1, 0.15) is 21.7 Å². The molecule has 0 unspecified atom stereocenters. The van der Waals surface area contributed by atoms with E-state index in [0.29, 0.717) is 5.56 Å². The van der Waals surface area contributed by atoms with Gasteiger partial charge < -0.3 is 5.32 Å². The molecule has 0 aliphatic carbocycles. The summed E-state index contributed by atoms with van der Waals surface area (Å²) >= 11 is 8.94. The number of amides is 1. The zero-order valence-corrected chi connectivity index (χ0v) is 19.2. The fraction of sp³-hybridized carbons (Fsp3) is 0.105. The Morgan fingerprint density at radius 3 is 2.72 bits per heavy atom. The van der Waals surface area contributed by atoms with Gasteiger partial charge in [0.15, 0.2) is 10.9 Å². The molecule has 0 radical (unpaired) electrons. The van der Waals surface area contributed by atoms with Crippen LogP contribution in [0.25, 0.3) is 15.5 Å². The van der Waals surface area contributed by atoms with Crippen molar-refractivity contribution in [3.05, 3.63) is 63.0 Å². The van der Waals surface area contributed by atoms with E-state index in [-0.39, 0.29) is 11.0 Å². The molecule has 2 N–H and O–H groups in total. The molecular weight excluding hydrogens is 519 g/mol. The lowest BCUT2D eigenvalue weighted by Crippen LogP contribution is -2.34. The van der Waals surface area contributed by atoms with E-state index in [2.05, 4.69) is 48.5 Å². The first kappa shape index (κ1) is 19.9. The maximum atomic E-state index is 12.5. The van der Waals surface area contributed by atoms with Crippen molar-refractivity contribution in [2.75, 3.05) is 5.32 Å². The van der Waals surface area contributed by atoms with Gasteiger partial charge in [-0.1, -0.05) is 35.6 Å². The second-order valence-electron chi connectivity index (χ2n) is 6.27. The molecule has 146 valence electrons. The van der Waals surface area contributed by atoms with E-state index in [1.165, 1.54) is 11.3 Å². The number of hydrogen-bond donors (Lipinski definition) is 2. The number of nitrogens with one attached hydrogen (secondary N) is 2. The number of aryl methyl sites for hydroxylation is 2. The summed E-state index contributed by atoms with van der Waals surface area (Å²) in [6, 6.07) is 13.3. The van der Waals surface area contributed by atoms with Crippen LogP contribution in [0.5, 0.6) is 0 Å². The second-order valence-corrected chi connectivity index (χ2v) is 8.79. The molecular formula is C19H15IN6OS2. The maximum Gasteiger partial charge on any atom is 0.258 e. The lowest BCUT2D eigenvalue weighted by molar-refractivity contribution is 0.0977. The number of rotatable bonds is 3. The molecule has 0 atom stereocenters. The lowest BCUT2D eigenvalue weighted by Gasteiger charge is -2.13. The number of hydrogen-bond acceptors (Lipinski definition) is 6. The van der Waals surface area contributed by atoms with E-state index in [0.717, 1.165) is 36.2 Å². The van der Waals surface area contributed by atoms with Gasteiger partial charge in [-0.2, -0.15) is 9.61 Å². The molecule has 2 heterocycles. The fourth-order valence-corrected chi connectivity index (χ4v) is 4.41. The number of thiocarbonyl (C=S) groups is 1. The maximum absolute atomic E-state index is 12.5. The zero-order chi connectivity index (χ0) is 20.5. The molecule has 7 nitrogen and oxygen atoms in total. The highest BCUT2D eigenvalue weighted by atomic mass is 127. The molecule has 0 spiro atoms. The van der Waals surface area contributed by atoms with Crippen molar-refractivity contribution in [2.45, 2.75) is 13.8 Å². The number of nitrogens with zero attached hydrogens (tertiary/aromatic N) is 4. The third-order valence-electron chi connectivity index (χ3n) is 4.23. The standard InChI is InChI=1S/C19H15IN6OS2/c1-10-7-8-12(17-25-26-11(2)23-24-19(26)29-17)9-15(10)21-18(28)22-16(27)13-5-3-4-6-14(13)20/h3-9H,1-2H3,(H2,21,22,27,28). The summed E-state index contributed by atoms with van der Waals surface area (Å²) in [5.74, 6) is 0.498. The van der Waals surface area contributed by atoms with E-state index in [1.807, 2.05) is 50.2 Å². The van der Waals surface area contributed by atoms with E-state index < -0.39 is 0 Å². The zero-order valence-electron chi connectivity index (χ0n) is 15.4. The highest BCUT2D eigenvalue weighted by Crippen LogP contribution is 2.29. The minimum absolute atomic E-state index is 0.240. The molecule has 10 heteroatoms. The predicted octanol–water partition coefficient (Wildman–Crippen LogP) is 4.20. The highest BCUT2D eigenvalue weighted by molar-refractivity contribution is 14.1. The van der Waals surface area contributed by atoms with Gasteiger partial charge in [-0.3, -0.25) is 10.1 Å². The molecule has 0 saturated heterocycles. The number of carbonyl (C=O) groups is 1. The Morgan fingerprint density at radius 1 is 1.17 bits per heavy atom. The Bertz CT molecular complexity index is 1250. The molecule has 1 amide bonds. The number of aromatic nitrogens is 4. The monoisotopic (exact) mass is 534 g/mol. The van der Waals surface area contributed by atoms with Gasteiger partial charge in [-0.25, -0.2) is 0 Å². The van der Waals surface area contributed by atoms with E-state index in [4.69, 9.17) is 12.2 Å². The summed E-state index contributed by atoms with van der Waals surface area (Å²) in [6.07, 6.45) is 0. The SMILES string of the molecule is Cc1ccc(-c2nn3c(C)nnc3s2)cc1NC(=S)NC(=O)c1ccccc1I. The van der Waals surface area contributed by atoms with Crippen molar-refractivity contribution in [1.82, 2.24) is 25.1 Å². The van der Waals surface area contributed by atoms with E-state index in [9.17, 15) is 4.79 Å². The van der Waals surface area contributed by atoms with Crippen LogP contribution in [0, 0.1) is 17.4 Å². The van der Waals surface area contributed by atoms with Crippen molar-refractivity contribution in [1.29, 1.82) is 0 Å². The van der Waals surface area contributed by atoms with Gasteiger partial charge in [0, 0.05) is 14.8 Å². The van der Waals surface area contributed by atoms with Crippen LogP contribution >= 0.6 is 46.1 Å². The topological polar surface area (TPSA) is 84.2 Å². The van der Waals surface area contributed by atoms with Gasteiger partial charge in [-0.15, -0.1) is 10.2 Å². The third kappa shape index (κ3) is 4.14. The number of anilines is 1. The molecule has 2 aromatic heterocycles. The molecule has 4 rings (SSSR count). The molecule has 0 saturated carbocycles. The van der Waals surface area contributed by atoms with E-state index >= 15 is 0 Å². The highest BCUT2D eigenvalue weighted by Gasteiger charge is 2.14. The van der Waals surface area contributed by atoms with Gasteiger partial charge in [0.05, 0.1) is 5.56 Å². The van der Waals surface area contributed by atoms with Crippen molar-refractivity contribution < 1.29 is 4.79 Å². The predicted molar refractivity (Wildman–Crippen MR) is 126 cm³/mol.